The Kier molecular flexibility index (Phi) is 8.76. The quantitative estimate of drug-likeness (QED) is 0.145. The zero-order valence-electron chi connectivity index (χ0n) is 22.1. The van der Waals surface area contributed by atoms with E-state index in [2.05, 4.69) is 32.3 Å². The number of aromatic nitrogens is 2. The Balaban J connectivity index is 2.37. The summed E-state index contributed by atoms with van der Waals surface area (Å²) in [7, 11) is -4.51. The monoisotopic (exact) mass is 543 g/mol. The van der Waals surface area contributed by atoms with Crippen molar-refractivity contribution in [1.82, 2.24) is 14.5 Å². The van der Waals surface area contributed by atoms with Gasteiger partial charge in [0.25, 0.3) is 0 Å². The molecular formula is C23H37N3O8SSi. The number of carbonyl (C=O) groups excluding carboxylic acids is 3. The van der Waals surface area contributed by atoms with E-state index in [9.17, 15) is 27.9 Å². The van der Waals surface area contributed by atoms with Gasteiger partial charge in [0.15, 0.2) is 14.1 Å². The number of β-lactam (4-membered cyclic amide) rings is 1. The summed E-state index contributed by atoms with van der Waals surface area (Å²) in [5.41, 5.74) is -0.0994. The molecule has 11 nitrogen and oxygen atoms in total. The van der Waals surface area contributed by atoms with Gasteiger partial charge in [-0.15, -0.1) is 0 Å². The topological polar surface area (TPSA) is 145 Å². The van der Waals surface area contributed by atoms with Gasteiger partial charge in [0, 0.05) is 25.9 Å². The number of likely N-dealkylation sites (tertiary alicyclic amines) is 1. The van der Waals surface area contributed by atoms with Gasteiger partial charge in [0.1, 0.15) is 12.3 Å². The van der Waals surface area contributed by atoms with Gasteiger partial charge in [0.2, 0.25) is 27.1 Å². The Morgan fingerprint density at radius 1 is 1.33 bits per heavy atom. The molecule has 0 aliphatic carbocycles. The number of amides is 1. The third-order valence-electron chi connectivity index (χ3n) is 6.77. The highest BCUT2D eigenvalue weighted by Gasteiger charge is 2.56. The fourth-order valence-corrected chi connectivity index (χ4v) is 6.17. The Morgan fingerprint density at radius 2 is 1.92 bits per heavy atom. The van der Waals surface area contributed by atoms with Crippen molar-refractivity contribution in [2.75, 3.05) is 12.9 Å². The van der Waals surface area contributed by atoms with E-state index in [4.69, 9.17) is 9.16 Å². The maximum absolute atomic E-state index is 13.1. The second kappa shape index (κ2) is 10.6. The number of ether oxygens (including phenoxy) is 1. The molecule has 1 aliphatic heterocycles. The molecule has 1 N–H and O–H groups in total. The minimum atomic E-state index is -3.67. The molecule has 1 aromatic heterocycles. The van der Waals surface area contributed by atoms with Crippen LogP contribution in [0.25, 0.3) is 0 Å². The first kappa shape index (κ1) is 29.9. The van der Waals surface area contributed by atoms with Crippen LogP contribution >= 0.6 is 0 Å². The summed E-state index contributed by atoms with van der Waals surface area (Å²) in [4.78, 5) is 43.4. The van der Waals surface area contributed by atoms with Crippen molar-refractivity contribution < 1.29 is 37.1 Å². The van der Waals surface area contributed by atoms with Gasteiger partial charge in [-0.1, -0.05) is 33.4 Å². The first-order valence-electron chi connectivity index (χ1n) is 11.6. The largest absolute Gasteiger partial charge is 0.458 e. The van der Waals surface area contributed by atoms with Gasteiger partial charge in [-0.3, -0.25) is 9.59 Å². The summed E-state index contributed by atoms with van der Waals surface area (Å²) in [5.74, 6) is -2.93. The number of aliphatic hydroxyl groups excluding tert-OH is 1. The van der Waals surface area contributed by atoms with Gasteiger partial charge >= 0.3 is 5.97 Å². The normalized spacial score (nSPS) is 20.5. The van der Waals surface area contributed by atoms with Crippen LogP contribution < -0.4 is 0 Å². The number of hydrogen-bond acceptors (Lipinski definition) is 9. The zero-order chi connectivity index (χ0) is 27.8. The van der Waals surface area contributed by atoms with Gasteiger partial charge < -0.3 is 23.7 Å². The molecule has 2 rings (SSSR count). The predicted molar refractivity (Wildman–Crippen MR) is 134 cm³/mol. The van der Waals surface area contributed by atoms with E-state index in [0.717, 1.165) is 11.2 Å². The predicted octanol–water partition coefficient (Wildman–Crippen LogP) is 1.68. The van der Waals surface area contributed by atoms with Crippen LogP contribution in [0.4, 0.5) is 0 Å². The molecule has 1 unspecified atom stereocenters. The molecule has 0 spiro atoms. The highest BCUT2D eigenvalue weighted by atomic mass is 32.2. The first-order valence-corrected chi connectivity index (χ1v) is 16.4. The number of aliphatic hydroxyl groups is 1. The number of sulfone groups is 1. The lowest BCUT2D eigenvalue weighted by Gasteiger charge is -2.52. The molecule has 13 heteroatoms. The minimum absolute atomic E-state index is 0.0994. The van der Waals surface area contributed by atoms with Crippen molar-refractivity contribution in [3.8, 4) is 0 Å². The Hall–Kier alpha value is -2.35. The van der Waals surface area contributed by atoms with Crippen LogP contribution in [0.15, 0.2) is 24.0 Å². The van der Waals surface area contributed by atoms with Crippen LogP contribution in [-0.4, -0.2) is 85.2 Å². The van der Waals surface area contributed by atoms with Gasteiger partial charge in [-0.25, -0.2) is 18.2 Å². The molecule has 1 aromatic rings. The minimum Gasteiger partial charge on any atom is -0.458 e. The molecule has 1 saturated heterocycles. The first-order chi connectivity index (χ1) is 16.3. The summed E-state index contributed by atoms with van der Waals surface area (Å²) < 4.78 is 36.4. The van der Waals surface area contributed by atoms with Crippen LogP contribution in [0.1, 0.15) is 44.6 Å². The molecule has 202 valence electrons. The van der Waals surface area contributed by atoms with Crippen LogP contribution in [0.3, 0.4) is 0 Å². The molecule has 1 aliphatic rings. The molecule has 0 aromatic carbocycles. The van der Waals surface area contributed by atoms with Gasteiger partial charge in [0.05, 0.1) is 18.1 Å². The third kappa shape index (κ3) is 6.13. The van der Waals surface area contributed by atoms with Gasteiger partial charge in [-0.2, -0.15) is 0 Å². The number of carbonyl (C=O) groups is 3. The van der Waals surface area contributed by atoms with E-state index in [0.29, 0.717) is 0 Å². The maximum Gasteiger partial charge on any atom is 0.356 e. The second-order valence-electron chi connectivity index (χ2n) is 10.6. The molecular weight excluding hydrogens is 506 g/mol. The molecule has 36 heavy (non-hydrogen) atoms. The van der Waals surface area contributed by atoms with Crippen molar-refractivity contribution >= 4 is 35.8 Å². The number of aryl methyl sites for hydroxylation is 1. The second-order valence-corrected chi connectivity index (χ2v) is 17.3. The standard InChI is InChI=1S/C23H37N3O8SSi/c1-10-11-33-21(30)20(29)26-16(12-17(27)15-13-25(6)22(24-15)35(7,31)32)18(19(26)28)14(2)34-36(8,9)23(3,4)5/h10,13-14,16,18,20,29H,1,11-12H2,2-9H3/t14-,16-,18-,20?/m1/s1. The van der Waals surface area contributed by atoms with Crippen LogP contribution in [0.5, 0.6) is 0 Å². The number of rotatable bonds is 11. The van der Waals surface area contributed by atoms with Crippen LogP contribution in [-0.2, 0) is 35.6 Å². The number of ketones is 1. The summed E-state index contributed by atoms with van der Waals surface area (Å²) in [6.45, 7) is 15.3. The lowest BCUT2D eigenvalue weighted by atomic mass is 9.80. The number of esters is 1. The average molecular weight is 544 g/mol. The Morgan fingerprint density at radius 3 is 2.39 bits per heavy atom. The molecule has 1 amide bonds. The fraction of sp³-hybridized carbons (Fsp3) is 0.652. The lowest BCUT2D eigenvalue weighted by Crippen LogP contribution is -2.70. The molecule has 1 fully saturated rings. The number of nitrogens with zero attached hydrogens (tertiary/aromatic N) is 3. The van der Waals surface area contributed by atoms with Crippen LogP contribution in [0.2, 0.25) is 18.1 Å². The smallest absolute Gasteiger partial charge is 0.356 e. The molecule has 0 bridgehead atoms. The summed E-state index contributed by atoms with van der Waals surface area (Å²) >= 11 is 0. The van der Waals surface area contributed by atoms with Crippen molar-refractivity contribution in [2.45, 2.75) is 75.8 Å². The van der Waals surface area contributed by atoms with E-state index in [1.165, 1.54) is 23.9 Å². The summed E-state index contributed by atoms with van der Waals surface area (Å²) in [6, 6.07) is -0.889. The van der Waals surface area contributed by atoms with E-state index in [-0.39, 0.29) is 28.9 Å². The number of Topliss-reactive ketones (excluding diaryl/α,β-unsaturated/α-hetero) is 1. The summed E-state index contributed by atoms with van der Waals surface area (Å²) in [5, 5.41) is 10.2. The highest BCUT2D eigenvalue weighted by molar-refractivity contribution is 7.90. The molecule has 4 atom stereocenters. The zero-order valence-corrected chi connectivity index (χ0v) is 24.0. The van der Waals surface area contributed by atoms with E-state index in [1.807, 2.05) is 13.1 Å². The van der Waals surface area contributed by atoms with E-state index in [1.54, 1.807) is 6.92 Å². The highest BCUT2D eigenvalue weighted by Crippen LogP contribution is 2.41. The van der Waals surface area contributed by atoms with Crippen molar-refractivity contribution in [1.29, 1.82) is 0 Å². The number of imidazole rings is 1. The summed E-state index contributed by atoms with van der Waals surface area (Å²) in [6.07, 6.45) is 0.788. The Labute approximate surface area is 213 Å². The molecule has 0 radical (unpaired) electrons. The lowest BCUT2D eigenvalue weighted by molar-refractivity contribution is -0.195. The molecule has 0 saturated carbocycles. The van der Waals surface area contributed by atoms with Crippen molar-refractivity contribution in [3.05, 3.63) is 24.5 Å². The van der Waals surface area contributed by atoms with Crippen LogP contribution in [0, 0.1) is 5.92 Å². The van der Waals surface area contributed by atoms with Crippen molar-refractivity contribution in [3.63, 3.8) is 0 Å². The third-order valence-corrected chi connectivity index (χ3v) is 12.4. The SMILES string of the molecule is C=CCOC(=O)C(O)N1C(=O)[C@H]([C@@H](C)O[Si](C)(C)C(C)(C)C)[C@H]1CC(=O)c1cn(C)c(S(C)(=O)=O)n1. The van der Waals surface area contributed by atoms with E-state index < -0.39 is 60.1 Å². The fourth-order valence-electron chi connectivity index (χ4n) is 3.90. The Bertz CT molecular complexity index is 1140. The number of hydrogen-bond donors (Lipinski definition) is 1. The maximum atomic E-state index is 13.1. The van der Waals surface area contributed by atoms with Crippen molar-refractivity contribution in [2.24, 2.45) is 13.0 Å². The van der Waals surface area contributed by atoms with Gasteiger partial charge in [-0.05, 0) is 25.1 Å². The van der Waals surface area contributed by atoms with E-state index >= 15 is 0 Å². The molecule has 2 heterocycles. The average Bonchev–Trinajstić information content (AvgIpc) is 3.12.